The van der Waals surface area contributed by atoms with Gasteiger partial charge >= 0.3 is 5.97 Å². The molecule has 1 atom stereocenters. The molecule has 134 valence electrons. The van der Waals surface area contributed by atoms with Crippen molar-refractivity contribution < 1.29 is 18.7 Å². The Morgan fingerprint density at radius 3 is 2.46 bits per heavy atom. The third kappa shape index (κ3) is 3.34. The van der Waals surface area contributed by atoms with E-state index in [1.165, 1.54) is 37.0 Å². The van der Waals surface area contributed by atoms with Gasteiger partial charge in [0, 0.05) is 12.4 Å². The molecule has 0 aliphatic heterocycles. The lowest BCUT2D eigenvalue weighted by molar-refractivity contribution is -0.142. The van der Waals surface area contributed by atoms with E-state index in [0.29, 0.717) is 11.5 Å². The fraction of sp³-hybridized carbons (Fsp3) is 0.167. The first-order chi connectivity index (χ1) is 12.5. The van der Waals surface area contributed by atoms with Crippen molar-refractivity contribution in [1.29, 1.82) is 0 Å². The van der Waals surface area contributed by atoms with Crippen LogP contribution in [0.2, 0.25) is 0 Å². The monoisotopic (exact) mass is 356 g/mol. The van der Waals surface area contributed by atoms with Crippen molar-refractivity contribution in [3.63, 3.8) is 0 Å². The summed E-state index contributed by atoms with van der Waals surface area (Å²) in [5.74, 6) is -0.920. The van der Waals surface area contributed by atoms with Crippen LogP contribution in [-0.4, -0.2) is 39.4 Å². The zero-order valence-corrected chi connectivity index (χ0v) is 14.2. The smallest absolute Gasteiger partial charge is 0.328 e. The van der Waals surface area contributed by atoms with E-state index in [1.807, 2.05) is 0 Å². The summed E-state index contributed by atoms with van der Waals surface area (Å²) in [5, 5.41) is 6.84. The fourth-order valence-electron chi connectivity index (χ4n) is 2.51. The Balaban J connectivity index is 2.02. The lowest BCUT2D eigenvalue weighted by Gasteiger charge is -2.13. The maximum absolute atomic E-state index is 13.2. The van der Waals surface area contributed by atoms with Crippen LogP contribution < -0.4 is 5.32 Å². The summed E-state index contributed by atoms with van der Waals surface area (Å²) in [7, 11) is 1.25. The molecule has 1 aromatic carbocycles. The molecule has 0 fully saturated rings. The van der Waals surface area contributed by atoms with E-state index in [0.717, 1.165) is 0 Å². The second kappa shape index (κ2) is 7.22. The molecule has 3 rings (SSSR count). The molecule has 3 aromatic rings. The molecule has 1 N–H and O–H groups in total. The second-order valence-electron chi connectivity index (χ2n) is 5.58. The molecule has 8 heteroatoms. The van der Waals surface area contributed by atoms with Gasteiger partial charge in [0.2, 0.25) is 0 Å². The Morgan fingerprint density at radius 1 is 1.19 bits per heavy atom. The van der Waals surface area contributed by atoms with Gasteiger partial charge in [-0.3, -0.25) is 4.79 Å². The number of ether oxygens (including phenoxy) is 1. The van der Waals surface area contributed by atoms with Crippen LogP contribution in [0.15, 0.2) is 55.0 Å². The van der Waals surface area contributed by atoms with Crippen molar-refractivity contribution in [2.45, 2.75) is 13.0 Å². The highest BCUT2D eigenvalue weighted by Crippen LogP contribution is 2.20. The van der Waals surface area contributed by atoms with E-state index in [2.05, 4.69) is 15.2 Å². The van der Waals surface area contributed by atoms with E-state index in [4.69, 9.17) is 0 Å². The number of nitrogens with one attached hydrogen (secondary N) is 1. The predicted octanol–water partition coefficient (Wildman–Crippen LogP) is 2.09. The zero-order chi connectivity index (χ0) is 18.7. The van der Waals surface area contributed by atoms with Crippen LogP contribution in [0.25, 0.3) is 11.5 Å². The number of nitrogens with zero attached hydrogens (tertiary/aromatic N) is 3. The topological polar surface area (TPSA) is 78.2 Å². The maximum Gasteiger partial charge on any atom is 0.328 e. The minimum Gasteiger partial charge on any atom is -0.467 e. The highest BCUT2D eigenvalue weighted by Gasteiger charge is 2.23. The van der Waals surface area contributed by atoms with E-state index in [-0.39, 0.29) is 11.4 Å². The SMILES string of the molecule is COC(=O)[C@@H](C)NC(=O)c1cnn(-c2ccc(F)cc2)c1-n1cccc1. The Bertz CT molecular complexity index is 917. The largest absolute Gasteiger partial charge is 0.467 e. The van der Waals surface area contributed by atoms with Gasteiger partial charge in [-0.15, -0.1) is 0 Å². The van der Waals surface area contributed by atoms with E-state index < -0.39 is 17.9 Å². The zero-order valence-electron chi connectivity index (χ0n) is 14.2. The Hall–Kier alpha value is -3.42. The van der Waals surface area contributed by atoms with Crippen LogP contribution in [0.3, 0.4) is 0 Å². The summed E-state index contributed by atoms with van der Waals surface area (Å²) in [6.45, 7) is 1.53. The van der Waals surface area contributed by atoms with Gasteiger partial charge < -0.3 is 14.6 Å². The lowest BCUT2D eigenvalue weighted by Crippen LogP contribution is -2.39. The number of halogens is 1. The average Bonchev–Trinajstić information content (AvgIpc) is 3.30. The summed E-state index contributed by atoms with van der Waals surface area (Å²) in [5.41, 5.74) is 0.858. The molecule has 0 saturated heterocycles. The molecule has 0 saturated carbocycles. The minimum absolute atomic E-state index is 0.265. The molecule has 1 amide bonds. The molecule has 0 spiro atoms. The molecule has 2 aromatic heterocycles. The number of amides is 1. The molecule has 26 heavy (non-hydrogen) atoms. The summed E-state index contributed by atoms with van der Waals surface area (Å²) in [6.07, 6.45) is 4.92. The molecule has 0 radical (unpaired) electrons. The van der Waals surface area contributed by atoms with Gasteiger partial charge in [0.1, 0.15) is 17.4 Å². The van der Waals surface area contributed by atoms with Crippen LogP contribution in [-0.2, 0) is 9.53 Å². The van der Waals surface area contributed by atoms with Crippen molar-refractivity contribution in [3.8, 4) is 11.5 Å². The molecule has 0 unspecified atom stereocenters. The minimum atomic E-state index is -0.806. The van der Waals surface area contributed by atoms with Crippen LogP contribution in [0.5, 0.6) is 0 Å². The van der Waals surface area contributed by atoms with Crippen LogP contribution in [0.4, 0.5) is 4.39 Å². The molecule has 0 aliphatic carbocycles. The molecular formula is C18H17FN4O3. The van der Waals surface area contributed by atoms with Gasteiger partial charge in [0.25, 0.3) is 5.91 Å². The third-order valence-corrected chi connectivity index (χ3v) is 3.81. The van der Waals surface area contributed by atoms with Crippen molar-refractivity contribution in [2.24, 2.45) is 0 Å². The number of benzene rings is 1. The van der Waals surface area contributed by atoms with Crippen molar-refractivity contribution in [1.82, 2.24) is 19.7 Å². The van der Waals surface area contributed by atoms with E-state index in [9.17, 15) is 14.0 Å². The van der Waals surface area contributed by atoms with Crippen molar-refractivity contribution in [3.05, 3.63) is 66.4 Å². The summed E-state index contributed by atoms with van der Waals surface area (Å²) >= 11 is 0. The average molecular weight is 356 g/mol. The molecule has 2 heterocycles. The summed E-state index contributed by atoms with van der Waals surface area (Å²) in [6, 6.07) is 8.56. The van der Waals surface area contributed by atoms with Gasteiger partial charge in [-0.2, -0.15) is 5.10 Å². The Kier molecular flexibility index (Phi) is 4.83. The number of hydrogen-bond acceptors (Lipinski definition) is 4. The number of carbonyl (C=O) groups excluding carboxylic acids is 2. The third-order valence-electron chi connectivity index (χ3n) is 3.81. The van der Waals surface area contributed by atoms with Gasteiger partial charge in [0.15, 0.2) is 5.82 Å². The van der Waals surface area contributed by atoms with E-state index >= 15 is 0 Å². The predicted molar refractivity (Wildman–Crippen MR) is 91.8 cm³/mol. The fourth-order valence-corrected chi connectivity index (χ4v) is 2.51. The number of rotatable bonds is 5. The normalized spacial score (nSPS) is 11.8. The summed E-state index contributed by atoms with van der Waals surface area (Å²) < 4.78 is 21.1. The van der Waals surface area contributed by atoms with Crippen molar-refractivity contribution >= 4 is 11.9 Å². The second-order valence-corrected chi connectivity index (χ2v) is 5.58. The standard InChI is InChI=1S/C18H17FN4O3/c1-12(18(25)26-2)21-16(24)15-11-20-23(14-7-5-13(19)6-8-14)17(15)22-9-3-4-10-22/h3-12H,1-2H3,(H,21,24)/t12-/m1/s1. The van der Waals surface area contributed by atoms with Crippen molar-refractivity contribution in [2.75, 3.05) is 7.11 Å². The Morgan fingerprint density at radius 2 is 1.85 bits per heavy atom. The highest BCUT2D eigenvalue weighted by atomic mass is 19.1. The number of esters is 1. The number of methoxy groups -OCH3 is 1. The van der Waals surface area contributed by atoms with Crippen LogP contribution in [0.1, 0.15) is 17.3 Å². The van der Waals surface area contributed by atoms with Gasteiger partial charge in [0.05, 0.1) is 19.0 Å². The molecule has 0 aliphatic rings. The number of hydrogen-bond donors (Lipinski definition) is 1. The highest BCUT2D eigenvalue weighted by molar-refractivity contribution is 5.99. The van der Waals surface area contributed by atoms with E-state index in [1.54, 1.807) is 41.2 Å². The number of aromatic nitrogens is 3. The first kappa shape index (κ1) is 17.4. The van der Waals surface area contributed by atoms with Gasteiger partial charge in [-0.05, 0) is 43.3 Å². The first-order valence-electron chi connectivity index (χ1n) is 7.87. The quantitative estimate of drug-likeness (QED) is 0.710. The maximum atomic E-state index is 13.2. The summed E-state index contributed by atoms with van der Waals surface area (Å²) in [4.78, 5) is 24.2. The Labute approximate surface area is 149 Å². The first-order valence-corrected chi connectivity index (χ1v) is 7.87. The lowest BCUT2D eigenvalue weighted by atomic mass is 10.2. The van der Waals surface area contributed by atoms with Gasteiger partial charge in [-0.1, -0.05) is 0 Å². The molecule has 7 nitrogen and oxygen atoms in total. The van der Waals surface area contributed by atoms with Crippen LogP contribution >= 0.6 is 0 Å². The van der Waals surface area contributed by atoms with Gasteiger partial charge in [-0.25, -0.2) is 13.9 Å². The number of carbonyl (C=O) groups is 2. The molecular weight excluding hydrogens is 339 g/mol. The van der Waals surface area contributed by atoms with Crippen LogP contribution in [0, 0.1) is 5.82 Å². The molecule has 0 bridgehead atoms.